The molecule has 0 radical (unpaired) electrons. The molecule has 1 fully saturated rings. The van der Waals surface area contributed by atoms with E-state index in [2.05, 4.69) is 5.32 Å². The highest BCUT2D eigenvalue weighted by molar-refractivity contribution is 5.89. The number of urea groups is 1. The lowest BCUT2D eigenvalue weighted by Crippen LogP contribution is -2.38. The quantitative estimate of drug-likeness (QED) is 0.878. The van der Waals surface area contributed by atoms with Crippen molar-refractivity contribution in [1.82, 2.24) is 4.90 Å². The summed E-state index contributed by atoms with van der Waals surface area (Å²) < 4.78 is 0. The van der Waals surface area contributed by atoms with Gasteiger partial charge in [-0.3, -0.25) is 0 Å². The fourth-order valence-electron chi connectivity index (χ4n) is 2.57. The normalized spacial score (nSPS) is 17.2. The van der Waals surface area contributed by atoms with E-state index in [4.69, 9.17) is 5.73 Å². The highest BCUT2D eigenvalue weighted by Gasteiger charge is 2.23. The molecule has 0 aromatic heterocycles. The number of nitrogens with two attached hydrogens (primary N) is 1. The predicted molar refractivity (Wildman–Crippen MR) is 78.1 cm³/mol. The van der Waals surface area contributed by atoms with Crippen LogP contribution in [0, 0.1) is 0 Å². The Morgan fingerprint density at radius 2 is 2.11 bits per heavy atom. The van der Waals surface area contributed by atoms with Crippen molar-refractivity contribution in [2.75, 3.05) is 12.4 Å². The second-order valence-electron chi connectivity index (χ2n) is 5.39. The average molecular weight is 261 g/mol. The number of carbonyl (C=O) groups excluding carboxylic acids is 1. The summed E-state index contributed by atoms with van der Waals surface area (Å²) >= 11 is 0. The molecule has 4 nitrogen and oxygen atoms in total. The summed E-state index contributed by atoms with van der Waals surface area (Å²) in [6.45, 7) is 1.94. The molecule has 19 heavy (non-hydrogen) atoms. The summed E-state index contributed by atoms with van der Waals surface area (Å²) in [6, 6.07) is 8.05. The second-order valence-corrected chi connectivity index (χ2v) is 5.39. The first-order valence-corrected chi connectivity index (χ1v) is 6.97. The van der Waals surface area contributed by atoms with Crippen molar-refractivity contribution in [3.8, 4) is 0 Å². The van der Waals surface area contributed by atoms with E-state index in [0.29, 0.717) is 6.04 Å². The third kappa shape index (κ3) is 3.47. The van der Waals surface area contributed by atoms with Gasteiger partial charge in [0.05, 0.1) is 0 Å². The SMILES string of the molecule is CC(N)c1cccc(NC(=O)N(C)C2CCCC2)c1. The standard InChI is InChI=1S/C15H23N3O/c1-11(16)12-6-5-7-13(10-12)17-15(19)18(2)14-8-3-4-9-14/h5-7,10-11,14H,3-4,8-9,16H2,1-2H3,(H,17,19). The molecular weight excluding hydrogens is 238 g/mol. The topological polar surface area (TPSA) is 58.4 Å². The summed E-state index contributed by atoms with van der Waals surface area (Å²) in [5.74, 6) is 0. The van der Waals surface area contributed by atoms with Crippen LogP contribution in [0.3, 0.4) is 0 Å². The highest BCUT2D eigenvalue weighted by Crippen LogP contribution is 2.23. The van der Waals surface area contributed by atoms with Crippen LogP contribution in [0.25, 0.3) is 0 Å². The lowest BCUT2D eigenvalue weighted by Gasteiger charge is -2.24. The van der Waals surface area contributed by atoms with E-state index in [0.717, 1.165) is 24.1 Å². The third-order valence-corrected chi connectivity index (χ3v) is 3.86. The van der Waals surface area contributed by atoms with Crippen molar-refractivity contribution in [3.63, 3.8) is 0 Å². The van der Waals surface area contributed by atoms with E-state index in [9.17, 15) is 4.79 Å². The van der Waals surface area contributed by atoms with Crippen LogP contribution >= 0.6 is 0 Å². The van der Waals surface area contributed by atoms with Gasteiger partial charge in [-0.15, -0.1) is 0 Å². The van der Waals surface area contributed by atoms with Gasteiger partial charge in [-0.05, 0) is 37.5 Å². The Labute approximate surface area is 115 Å². The summed E-state index contributed by atoms with van der Waals surface area (Å²) in [7, 11) is 1.88. The van der Waals surface area contributed by atoms with Gasteiger partial charge < -0.3 is 16.0 Å². The molecule has 2 rings (SSSR count). The fraction of sp³-hybridized carbons (Fsp3) is 0.533. The second kappa shape index (κ2) is 6.06. The summed E-state index contributed by atoms with van der Waals surface area (Å²) in [5, 5.41) is 2.95. The molecule has 0 heterocycles. The van der Waals surface area contributed by atoms with Crippen LogP contribution in [0.5, 0.6) is 0 Å². The van der Waals surface area contributed by atoms with Crippen LogP contribution in [-0.4, -0.2) is 24.0 Å². The molecule has 4 heteroatoms. The molecule has 1 aliphatic rings. The number of nitrogens with one attached hydrogen (secondary N) is 1. The maximum atomic E-state index is 12.2. The zero-order valence-corrected chi connectivity index (χ0v) is 11.7. The van der Waals surface area contributed by atoms with Crippen molar-refractivity contribution in [2.24, 2.45) is 5.73 Å². The van der Waals surface area contributed by atoms with Crippen LogP contribution < -0.4 is 11.1 Å². The minimum absolute atomic E-state index is 0.0237. The molecule has 0 spiro atoms. The summed E-state index contributed by atoms with van der Waals surface area (Å²) in [5.41, 5.74) is 7.69. The summed E-state index contributed by atoms with van der Waals surface area (Å²) in [4.78, 5) is 14.0. The molecule has 1 aromatic carbocycles. The number of amides is 2. The molecule has 1 aromatic rings. The number of hydrogen-bond donors (Lipinski definition) is 2. The van der Waals surface area contributed by atoms with E-state index < -0.39 is 0 Å². The summed E-state index contributed by atoms with van der Waals surface area (Å²) in [6.07, 6.45) is 4.68. The van der Waals surface area contributed by atoms with Crippen LogP contribution in [-0.2, 0) is 0 Å². The van der Waals surface area contributed by atoms with Crippen LogP contribution in [0.15, 0.2) is 24.3 Å². The van der Waals surface area contributed by atoms with Crippen molar-refractivity contribution in [2.45, 2.75) is 44.7 Å². The number of anilines is 1. The number of nitrogens with zero attached hydrogens (tertiary/aromatic N) is 1. The van der Waals surface area contributed by atoms with E-state index in [1.54, 1.807) is 0 Å². The lowest BCUT2D eigenvalue weighted by molar-refractivity contribution is 0.205. The highest BCUT2D eigenvalue weighted by atomic mass is 16.2. The fourth-order valence-corrected chi connectivity index (χ4v) is 2.57. The van der Waals surface area contributed by atoms with Gasteiger partial charge in [-0.2, -0.15) is 0 Å². The van der Waals surface area contributed by atoms with Gasteiger partial charge >= 0.3 is 6.03 Å². The zero-order chi connectivity index (χ0) is 13.8. The van der Waals surface area contributed by atoms with Crippen molar-refractivity contribution >= 4 is 11.7 Å². The monoisotopic (exact) mass is 261 g/mol. The number of carbonyl (C=O) groups is 1. The number of benzene rings is 1. The first-order valence-electron chi connectivity index (χ1n) is 6.97. The number of hydrogen-bond acceptors (Lipinski definition) is 2. The van der Waals surface area contributed by atoms with Gasteiger partial charge in [0.1, 0.15) is 0 Å². The number of rotatable bonds is 3. The average Bonchev–Trinajstić information content (AvgIpc) is 2.92. The van der Waals surface area contributed by atoms with E-state index in [1.165, 1.54) is 12.8 Å². The smallest absolute Gasteiger partial charge is 0.321 e. The maximum absolute atomic E-state index is 12.2. The Balaban J connectivity index is 1.99. The molecule has 0 bridgehead atoms. The van der Waals surface area contributed by atoms with Crippen LogP contribution in [0.1, 0.15) is 44.2 Å². The van der Waals surface area contributed by atoms with Gasteiger partial charge in [0.2, 0.25) is 0 Å². The van der Waals surface area contributed by atoms with Gasteiger partial charge in [-0.25, -0.2) is 4.79 Å². The Bertz CT molecular complexity index is 439. The molecule has 104 valence electrons. The zero-order valence-electron chi connectivity index (χ0n) is 11.7. The largest absolute Gasteiger partial charge is 0.325 e. The van der Waals surface area contributed by atoms with Gasteiger partial charge in [0.25, 0.3) is 0 Å². The molecule has 1 atom stereocenters. The van der Waals surface area contributed by atoms with Gasteiger partial charge in [0.15, 0.2) is 0 Å². The Kier molecular flexibility index (Phi) is 4.43. The van der Waals surface area contributed by atoms with Crippen molar-refractivity contribution in [1.29, 1.82) is 0 Å². The molecule has 0 aliphatic heterocycles. The maximum Gasteiger partial charge on any atom is 0.321 e. The Morgan fingerprint density at radius 3 is 2.74 bits per heavy atom. The first-order chi connectivity index (χ1) is 9.08. The molecule has 3 N–H and O–H groups in total. The minimum atomic E-state index is -0.0336. The van der Waals surface area contributed by atoms with Crippen molar-refractivity contribution in [3.05, 3.63) is 29.8 Å². The van der Waals surface area contributed by atoms with E-state index >= 15 is 0 Å². The lowest BCUT2D eigenvalue weighted by atomic mass is 10.1. The molecular formula is C15H23N3O. The van der Waals surface area contributed by atoms with Crippen LogP contribution in [0.2, 0.25) is 0 Å². The van der Waals surface area contributed by atoms with Gasteiger partial charge in [0, 0.05) is 24.8 Å². The molecule has 2 amide bonds. The van der Waals surface area contributed by atoms with E-state index in [1.807, 2.05) is 43.1 Å². The van der Waals surface area contributed by atoms with Crippen molar-refractivity contribution < 1.29 is 4.79 Å². The first kappa shape index (κ1) is 13.9. The van der Waals surface area contributed by atoms with Crippen LogP contribution in [0.4, 0.5) is 10.5 Å². The molecule has 1 unspecified atom stereocenters. The third-order valence-electron chi connectivity index (χ3n) is 3.86. The molecule has 0 saturated heterocycles. The Hall–Kier alpha value is -1.55. The predicted octanol–water partition coefficient (Wildman–Crippen LogP) is 3.11. The Morgan fingerprint density at radius 1 is 1.42 bits per heavy atom. The van der Waals surface area contributed by atoms with Gasteiger partial charge in [-0.1, -0.05) is 25.0 Å². The minimum Gasteiger partial charge on any atom is -0.325 e. The molecule has 1 saturated carbocycles. The van der Waals surface area contributed by atoms with E-state index in [-0.39, 0.29) is 12.1 Å². The molecule has 1 aliphatic carbocycles.